The number of hydrogen-bond acceptors (Lipinski definition) is 5. The molecule has 1 amide bonds. The Kier molecular flexibility index (Phi) is 6.72. The van der Waals surface area contributed by atoms with Crippen LogP contribution in [-0.2, 0) is 27.2 Å². The van der Waals surface area contributed by atoms with Crippen molar-refractivity contribution in [2.75, 3.05) is 5.32 Å². The maximum atomic E-state index is 12.9. The van der Waals surface area contributed by atoms with Crippen LogP contribution in [0.4, 0.5) is 9.52 Å². The van der Waals surface area contributed by atoms with Gasteiger partial charge in [0.05, 0.1) is 12.1 Å². The Labute approximate surface area is 172 Å². The molecule has 5 nitrogen and oxygen atoms in total. The highest BCUT2D eigenvalue weighted by atomic mass is 32.1. The number of rotatable bonds is 7. The number of halogens is 1. The van der Waals surface area contributed by atoms with Gasteiger partial charge in [0.1, 0.15) is 5.82 Å². The van der Waals surface area contributed by atoms with Gasteiger partial charge < -0.3 is 4.74 Å². The monoisotopic (exact) mass is 412 g/mol. The molecular weight excluding hydrogens is 391 g/mol. The van der Waals surface area contributed by atoms with Crippen LogP contribution in [0.1, 0.15) is 25.0 Å². The summed E-state index contributed by atoms with van der Waals surface area (Å²) in [5.41, 5.74) is 3.60. The molecule has 3 rings (SSSR count). The number of nitrogens with zero attached hydrogens (tertiary/aromatic N) is 1. The summed E-state index contributed by atoms with van der Waals surface area (Å²) in [4.78, 5) is 28.7. The topological polar surface area (TPSA) is 68.3 Å². The molecule has 0 spiro atoms. The zero-order valence-electron chi connectivity index (χ0n) is 16.1. The lowest BCUT2D eigenvalue weighted by Crippen LogP contribution is -2.30. The van der Waals surface area contributed by atoms with Crippen LogP contribution in [0.25, 0.3) is 11.3 Å². The number of amides is 1. The van der Waals surface area contributed by atoms with Crippen LogP contribution in [0.15, 0.2) is 53.9 Å². The zero-order chi connectivity index (χ0) is 20.8. The molecule has 1 aromatic heterocycles. The first-order valence-corrected chi connectivity index (χ1v) is 10.1. The van der Waals surface area contributed by atoms with Crippen LogP contribution < -0.4 is 5.32 Å². The molecule has 0 saturated carbocycles. The van der Waals surface area contributed by atoms with Crippen LogP contribution in [-0.4, -0.2) is 23.0 Å². The molecule has 0 aliphatic heterocycles. The van der Waals surface area contributed by atoms with E-state index < -0.39 is 18.0 Å². The molecule has 1 unspecified atom stereocenters. The maximum Gasteiger partial charge on any atom is 0.311 e. The number of thiazole rings is 1. The second kappa shape index (κ2) is 9.43. The van der Waals surface area contributed by atoms with Crippen molar-refractivity contribution >= 4 is 28.3 Å². The van der Waals surface area contributed by atoms with Crippen LogP contribution in [0.3, 0.4) is 0 Å². The standard InChI is InChI=1S/C22H21FN2O3S/c1-3-15-4-8-17(9-5-15)19-13-29-22(24-19)25-21(27)14(2)28-20(26)12-16-6-10-18(23)11-7-16/h4-11,13-14H,3,12H2,1-2H3,(H,24,25,27). The number of benzene rings is 2. The van der Waals surface area contributed by atoms with Crippen molar-refractivity contribution in [1.29, 1.82) is 0 Å². The lowest BCUT2D eigenvalue weighted by atomic mass is 10.1. The Bertz CT molecular complexity index is 984. The van der Waals surface area contributed by atoms with Gasteiger partial charge in [0.15, 0.2) is 11.2 Å². The fourth-order valence-corrected chi connectivity index (χ4v) is 3.37. The molecule has 1 heterocycles. The number of carbonyl (C=O) groups is 2. The van der Waals surface area contributed by atoms with E-state index in [1.807, 2.05) is 17.5 Å². The normalized spacial score (nSPS) is 11.7. The summed E-state index contributed by atoms with van der Waals surface area (Å²) in [6, 6.07) is 13.7. The predicted octanol–water partition coefficient (Wildman–Crippen LogP) is 4.62. The number of nitrogens with one attached hydrogen (secondary N) is 1. The molecule has 0 radical (unpaired) electrons. The quantitative estimate of drug-likeness (QED) is 0.575. The van der Waals surface area contributed by atoms with Crippen molar-refractivity contribution in [1.82, 2.24) is 4.98 Å². The van der Waals surface area contributed by atoms with E-state index in [-0.39, 0.29) is 12.2 Å². The number of hydrogen-bond donors (Lipinski definition) is 1. The van der Waals surface area contributed by atoms with Crippen molar-refractivity contribution in [3.05, 3.63) is 70.9 Å². The summed E-state index contributed by atoms with van der Waals surface area (Å²) in [7, 11) is 0. The van der Waals surface area contributed by atoms with Gasteiger partial charge in [-0.2, -0.15) is 0 Å². The molecule has 0 bridgehead atoms. The highest BCUT2D eigenvalue weighted by molar-refractivity contribution is 7.14. The first kappa shape index (κ1) is 20.7. The highest BCUT2D eigenvalue weighted by Crippen LogP contribution is 2.25. The van der Waals surface area contributed by atoms with E-state index in [2.05, 4.69) is 29.4 Å². The Morgan fingerprint density at radius 2 is 1.76 bits per heavy atom. The summed E-state index contributed by atoms with van der Waals surface area (Å²) in [5, 5.41) is 4.97. The Morgan fingerprint density at radius 3 is 2.41 bits per heavy atom. The molecule has 7 heteroatoms. The third-order valence-electron chi connectivity index (χ3n) is 4.33. The average Bonchev–Trinajstić information content (AvgIpc) is 3.18. The minimum absolute atomic E-state index is 0.0347. The number of carbonyl (C=O) groups excluding carboxylic acids is 2. The smallest absolute Gasteiger partial charge is 0.311 e. The van der Waals surface area contributed by atoms with Crippen LogP contribution in [0, 0.1) is 5.82 Å². The molecule has 0 saturated heterocycles. The van der Waals surface area contributed by atoms with Crippen molar-refractivity contribution < 1.29 is 18.7 Å². The van der Waals surface area contributed by atoms with Gasteiger partial charge in [0, 0.05) is 10.9 Å². The Morgan fingerprint density at radius 1 is 1.10 bits per heavy atom. The van der Waals surface area contributed by atoms with Crippen molar-refractivity contribution in [3.8, 4) is 11.3 Å². The summed E-state index contributed by atoms with van der Waals surface area (Å²) in [6.07, 6.45) is -0.0390. The van der Waals surface area contributed by atoms with E-state index in [0.29, 0.717) is 10.7 Å². The Hall–Kier alpha value is -3.06. The molecule has 29 heavy (non-hydrogen) atoms. The van der Waals surface area contributed by atoms with E-state index in [1.54, 1.807) is 0 Å². The predicted molar refractivity (Wildman–Crippen MR) is 111 cm³/mol. The van der Waals surface area contributed by atoms with Gasteiger partial charge in [0.2, 0.25) is 0 Å². The average molecular weight is 412 g/mol. The molecule has 0 aliphatic rings. The first-order chi connectivity index (χ1) is 13.9. The molecule has 2 aromatic carbocycles. The summed E-state index contributed by atoms with van der Waals surface area (Å²) >= 11 is 1.30. The molecule has 1 atom stereocenters. The second-order valence-electron chi connectivity index (χ2n) is 6.51. The molecule has 1 N–H and O–H groups in total. The number of aromatic nitrogens is 1. The van der Waals surface area contributed by atoms with Gasteiger partial charge in [-0.15, -0.1) is 11.3 Å². The van der Waals surface area contributed by atoms with E-state index in [4.69, 9.17) is 4.74 Å². The zero-order valence-corrected chi connectivity index (χ0v) is 17.0. The largest absolute Gasteiger partial charge is 0.452 e. The van der Waals surface area contributed by atoms with E-state index in [1.165, 1.54) is 48.1 Å². The third-order valence-corrected chi connectivity index (χ3v) is 5.09. The molecule has 150 valence electrons. The first-order valence-electron chi connectivity index (χ1n) is 9.24. The summed E-state index contributed by atoms with van der Waals surface area (Å²) < 4.78 is 18.1. The van der Waals surface area contributed by atoms with Gasteiger partial charge >= 0.3 is 5.97 Å². The lowest BCUT2D eigenvalue weighted by Gasteiger charge is -2.12. The van der Waals surface area contributed by atoms with Gasteiger partial charge in [-0.1, -0.05) is 43.3 Å². The van der Waals surface area contributed by atoms with E-state index >= 15 is 0 Å². The molecule has 3 aromatic rings. The minimum atomic E-state index is -0.973. The van der Waals surface area contributed by atoms with Crippen molar-refractivity contribution in [2.45, 2.75) is 32.8 Å². The van der Waals surface area contributed by atoms with E-state index in [0.717, 1.165) is 17.7 Å². The van der Waals surface area contributed by atoms with E-state index in [9.17, 15) is 14.0 Å². The molecule has 0 aliphatic carbocycles. The lowest BCUT2D eigenvalue weighted by molar-refractivity contribution is -0.152. The van der Waals surface area contributed by atoms with Gasteiger partial charge in [-0.25, -0.2) is 9.37 Å². The fourth-order valence-electron chi connectivity index (χ4n) is 2.64. The van der Waals surface area contributed by atoms with Gasteiger partial charge in [0.25, 0.3) is 5.91 Å². The van der Waals surface area contributed by atoms with Crippen LogP contribution in [0.2, 0.25) is 0 Å². The van der Waals surface area contributed by atoms with Gasteiger partial charge in [-0.05, 0) is 36.6 Å². The fraction of sp³-hybridized carbons (Fsp3) is 0.227. The van der Waals surface area contributed by atoms with Crippen LogP contribution in [0.5, 0.6) is 0 Å². The SMILES string of the molecule is CCc1ccc(-c2csc(NC(=O)C(C)OC(=O)Cc3ccc(F)cc3)n2)cc1. The number of ether oxygens (including phenoxy) is 1. The number of aryl methyl sites for hydroxylation is 1. The number of anilines is 1. The molecular formula is C22H21FN2O3S. The summed E-state index contributed by atoms with van der Waals surface area (Å²) in [6.45, 7) is 3.59. The number of esters is 1. The third kappa shape index (κ3) is 5.71. The summed E-state index contributed by atoms with van der Waals surface area (Å²) in [5.74, 6) is -1.39. The Balaban J connectivity index is 1.54. The van der Waals surface area contributed by atoms with Crippen molar-refractivity contribution in [3.63, 3.8) is 0 Å². The molecule has 0 fully saturated rings. The minimum Gasteiger partial charge on any atom is -0.452 e. The van der Waals surface area contributed by atoms with Crippen LogP contribution >= 0.6 is 11.3 Å². The van der Waals surface area contributed by atoms with Crippen molar-refractivity contribution in [2.24, 2.45) is 0 Å². The highest BCUT2D eigenvalue weighted by Gasteiger charge is 2.19. The maximum absolute atomic E-state index is 12.9. The second-order valence-corrected chi connectivity index (χ2v) is 7.37. The van der Waals surface area contributed by atoms with Gasteiger partial charge in [-0.3, -0.25) is 14.9 Å².